The van der Waals surface area contributed by atoms with E-state index in [1.807, 2.05) is 59.5 Å². The average molecular weight is 388 g/mol. The summed E-state index contributed by atoms with van der Waals surface area (Å²) in [4.78, 5) is 23.7. The van der Waals surface area contributed by atoms with Gasteiger partial charge in [-0.1, -0.05) is 42.5 Å². The molecule has 1 aliphatic heterocycles. The molecule has 6 nitrogen and oxygen atoms in total. The van der Waals surface area contributed by atoms with Crippen LogP contribution >= 0.6 is 0 Å². The van der Waals surface area contributed by atoms with Gasteiger partial charge in [0.05, 0.1) is 25.3 Å². The van der Waals surface area contributed by atoms with Crippen LogP contribution in [-0.2, 0) is 11.2 Å². The van der Waals surface area contributed by atoms with Crippen molar-refractivity contribution >= 4 is 11.9 Å². The minimum absolute atomic E-state index is 0.103. The summed E-state index contributed by atoms with van der Waals surface area (Å²) in [6.45, 7) is 0.724. The Hall–Kier alpha value is -3.41. The summed E-state index contributed by atoms with van der Waals surface area (Å²) in [6, 6.07) is 17.5. The summed E-state index contributed by atoms with van der Waals surface area (Å²) in [7, 11) is 1.64. The molecule has 1 atom stereocenters. The fourth-order valence-corrected chi connectivity index (χ4v) is 3.88. The molecule has 2 aromatic carbocycles. The lowest BCUT2D eigenvalue weighted by Gasteiger charge is -2.26. The quantitative estimate of drug-likeness (QED) is 0.722. The average Bonchev–Trinajstić information content (AvgIpc) is 3.24. The number of hydrogen-bond donors (Lipinski definition) is 1. The zero-order chi connectivity index (χ0) is 20.2. The van der Waals surface area contributed by atoms with Gasteiger partial charge in [0, 0.05) is 18.3 Å². The highest BCUT2D eigenvalue weighted by Gasteiger charge is 2.33. The third kappa shape index (κ3) is 4.06. The molecule has 0 spiro atoms. The molecule has 0 radical (unpaired) electrons. The van der Waals surface area contributed by atoms with E-state index < -0.39 is 0 Å². The van der Waals surface area contributed by atoms with E-state index in [1.54, 1.807) is 13.3 Å². The molecule has 29 heavy (non-hydrogen) atoms. The van der Waals surface area contributed by atoms with Crippen molar-refractivity contribution in [3.8, 4) is 16.9 Å². The lowest BCUT2D eigenvalue weighted by molar-refractivity contribution is -0.131. The molecule has 0 saturated carbocycles. The van der Waals surface area contributed by atoms with Crippen LogP contribution in [0.4, 0.5) is 5.95 Å². The van der Waals surface area contributed by atoms with Crippen molar-refractivity contribution < 1.29 is 9.53 Å². The number of anilines is 1. The van der Waals surface area contributed by atoms with Crippen molar-refractivity contribution in [2.75, 3.05) is 19.4 Å². The number of nitrogen functional groups attached to an aromatic ring is 1. The number of ether oxygens (including phenoxy) is 1. The van der Waals surface area contributed by atoms with E-state index in [4.69, 9.17) is 10.5 Å². The minimum Gasteiger partial charge on any atom is -0.497 e. The van der Waals surface area contributed by atoms with Crippen LogP contribution in [0.3, 0.4) is 0 Å². The first-order valence-electron chi connectivity index (χ1n) is 9.76. The first-order valence-corrected chi connectivity index (χ1v) is 9.76. The Kier molecular flexibility index (Phi) is 5.42. The molecule has 6 heteroatoms. The number of rotatable bonds is 5. The fourth-order valence-electron chi connectivity index (χ4n) is 3.88. The SMILES string of the molecule is COc1ccc(-c2cnc(N)nc2C2CCCN2C(=O)Cc2ccccc2)cc1. The van der Waals surface area contributed by atoms with Gasteiger partial charge in [-0.05, 0) is 36.1 Å². The van der Waals surface area contributed by atoms with Crippen LogP contribution < -0.4 is 10.5 Å². The van der Waals surface area contributed by atoms with E-state index in [2.05, 4.69) is 9.97 Å². The Morgan fingerprint density at radius 1 is 1.17 bits per heavy atom. The van der Waals surface area contributed by atoms with Gasteiger partial charge in [0.15, 0.2) is 0 Å². The maximum absolute atomic E-state index is 13.0. The largest absolute Gasteiger partial charge is 0.497 e. The van der Waals surface area contributed by atoms with Gasteiger partial charge in [-0.2, -0.15) is 0 Å². The number of carbonyl (C=O) groups excluding carboxylic acids is 1. The summed E-state index contributed by atoms with van der Waals surface area (Å²) in [5.74, 6) is 1.11. The van der Waals surface area contributed by atoms with Gasteiger partial charge in [-0.25, -0.2) is 9.97 Å². The van der Waals surface area contributed by atoms with Crippen molar-refractivity contribution in [2.24, 2.45) is 0 Å². The van der Waals surface area contributed by atoms with Gasteiger partial charge in [-0.3, -0.25) is 4.79 Å². The van der Waals surface area contributed by atoms with Crippen LogP contribution in [0.5, 0.6) is 5.75 Å². The molecule has 1 saturated heterocycles. The minimum atomic E-state index is -0.103. The van der Waals surface area contributed by atoms with Crippen LogP contribution in [0.2, 0.25) is 0 Å². The summed E-state index contributed by atoms with van der Waals surface area (Å²) < 4.78 is 5.26. The Labute approximate surface area is 170 Å². The second-order valence-corrected chi connectivity index (χ2v) is 7.16. The Morgan fingerprint density at radius 3 is 2.66 bits per heavy atom. The molecule has 1 fully saturated rings. The number of nitrogens with zero attached hydrogens (tertiary/aromatic N) is 3. The molecular weight excluding hydrogens is 364 g/mol. The van der Waals surface area contributed by atoms with Crippen molar-refractivity contribution in [3.63, 3.8) is 0 Å². The second kappa shape index (κ2) is 8.31. The standard InChI is InChI=1S/C23H24N4O2/c1-29-18-11-9-17(10-12-18)19-15-25-23(24)26-22(19)20-8-5-13-27(20)21(28)14-16-6-3-2-4-7-16/h2-4,6-7,9-12,15,20H,5,8,13-14H2,1H3,(H2,24,25,26). The maximum Gasteiger partial charge on any atom is 0.227 e. The highest BCUT2D eigenvalue weighted by atomic mass is 16.5. The van der Waals surface area contributed by atoms with Gasteiger partial charge in [0.25, 0.3) is 0 Å². The first-order chi connectivity index (χ1) is 14.2. The van der Waals surface area contributed by atoms with E-state index in [-0.39, 0.29) is 17.9 Å². The lowest BCUT2D eigenvalue weighted by Crippen LogP contribution is -2.32. The van der Waals surface area contributed by atoms with Gasteiger partial charge in [0.1, 0.15) is 5.75 Å². The van der Waals surface area contributed by atoms with Crippen molar-refractivity contribution in [1.29, 1.82) is 0 Å². The van der Waals surface area contributed by atoms with Crippen LogP contribution in [0.25, 0.3) is 11.1 Å². The van der Waals surface area contributed by atoms with Crippen LogP contribution in [0.1, 0.15) is 30.1 Å². The molecule has 1 aliphatic rings. The van der Waals surface area contributed by atoms with Crippen molar-refractivity contribution in [3.05, 3.63) is 72.1 Å². The monoisotopic (exact) mass is 388 g/mol. The number of hydrogen-bond acceptors (Lipinski definition) is 5. The Balaban J connectivity index is 1.65. The molecule has 148 valence electrons. The molecule has 2 heterocycles. The molecule has 0 bridgehead atoms. The van der Waals surface area contributed by atoms with Gasteiger partial charge < -0.3 is 15.4 Å². The highest BCUT2D eigenvalue weighted by Crippen LogP contribution is 2.37. The van der Waals surface area contributed by atoms with E-state index in [0.29, 0.717) is 6.42 Å². The number of likely N-dealkylation sites (tertiary alicyclic amines) is 1. The maximum atomic E-state index is 13.0. The van der Waals surface area contributed by atoms with E-state index in [1.165, 1.54) is 0 Å². The molecule has 1 amide bonds. The third-order valence-electron chi connectivity index (χ3n) is 5.32. The second-order valence-electron chi connectivity index (χ2n) is 7.16. The number of carbonyl (C=O) groups is 1. The fraction of sp³-hybridized carbons (Fsp3) is 0.261. The van der Waals surface area contributed by atoms with E-state index in [0.717, 1.165) is 47.5 Å². The molecule has 1 aromatic heterocycles. The Morgan fingerprint density at radius 2 is 1.93 bits per heavy atom. The highest BCUT2D eigenvalue weighted by molar-refractivity contribution is 5.80. The first kappa shape index (κ1) is 18.9. The lowest BCUT2D eigenvalue weighted by atomic mass is 9.99. The molecule has 0 aliphatic carbocycles. The number of amides is 1. The number of methoxy groups -OCH3 is 1. The summed E-state index contributed by atoms with van der Waals surface area (Å²) in [5, 5.41) is 0. The van der Waals surface area contributed by atoms with Crippen LogP contribution in [-0.4, -0.2) is 34.4 Å². The normalized spacial score (nSPS) is 16.0. The van der Waals surface area contributed by atoms with Crippen LogP contribution in [0, 0.1) is 0 Å². The van der Waals surface area contributed by atoms with Gasteiger partial charge >= 0.3 is 0 Å². The molecular formula is C23H24N4O2. The number of benzene rings is 2. The third-order valence-corrected chi connectivity index (χ3v) is 5.32. The molecule has 1 unspecified atom stereocenters. The zero-order valence-corrected chi connectivity index (χ0v) is 16.4. The zero-order valence-electron chi connectivity index (χ0n) is 16.4. The molecule has 2 N–H and O–H groups in total. The summed E-state index contributed by atoms with van der Waals surface area (Å²) in [5.41, 5.74) is 9.61. The smallest absolute Gasteiger partial charge is 0.227 e. The van der Waals surface area contributed by atoms with Crippen molar-refractivity contribution in [2.45, 2.75) is 25.3 Å². The van der Waals surface area contributed by atoms with E-state index >= 15 is 0 Å². The predicted octanol–water partition coefficient (Wildman–Crippen LogP) is 3.64. The molecule has 3 aromatic rings. The molecule has 4 rings (SSSR count). The topological polar surface area (TPSA) is 81.3 Å². The number of nitrogens with two attached hydrogens (primary N) is 1. The summed E-state index contributed by atoms with van der Waals surface area (Å²) in [6.07, 6.45) is 3.94. The Bertz CT molecular complexity index is 990. The predicted molar refractivity (Wildman–Crippen MR) is 112 cm³/mol. The van der Waals surface area contributed by atoms with E-state index in [9.17, 15) is 4.79 Å². The number of aromatic nitrogens is 2. The summed E-state index contributed by atoms with van der Waals surface area (Å²) >= 11 is 0. The van der Waals surface area contributed by atoms with Gasteiger partial charge in [0.2, 0.25) is 11.9 Å². The van der Waals surface area contributed by atoms with Gasteiger partial charge in [-0.15, -0.1) is 0 Å². The van der Waals surface area contributed by atoms with Crippen molar-refractivity contribution in [1.82, 2.24) is 14.9 Å². The van der Waals surface area contributed by atoms with Crippen LogP contribution in [0.15, 0.2) is 60.8 Å².